The van der Waals surface area contributed by atoms with Crippen molar-refractivity contribution >= 4 is 7.82 Å². The molecule has 2 unspecified atom stereocenters. The number of hydrogen-bond acceptors (Lipinski definition) is 5. The Balaban J connectivity index is 0. The standard InChI is InChI=1S/C22H46O4.H3O4P/c1-4-5-6-7-8-9-10-11-12-13-14-15-16-17-18-24-19-20-25-22(3)26-21(2)23;1-5(2,3)4/h21-23H,4-20H2,1-3H3;(H3,1,2,3,4). The van der Waals surface area contributed by atoms with Crippen molar-refractivity contribution in [3.8, 4) is 0 Å². The van der Waals surface area contributed by atoms with Crippen molar-refractivity contribution in [1.82, 2.24) is 0 Å². The molecule has 0 amide bonds. The lowest BCUT2D eigenvalue weighted by atomic mass is 10.0. The molecule has 0 fully saturated rings. The van der Waals surface area contributed by atoms with Crippen molar-refractivity contribution in [3.05, 3.63) is 0 Å². The van der Waals surface area contributed by atoms with Crippen LogP contribution in [0.1, 0.15) is 111 Å². The summed E-state index contributed by atoms with van der Waals surface area (Å²) in [6.45, 7) is 7.54. The molecule has 0 aliphatic heterocycles. The monoisotopic (exact) mass is 472 g/mol. The average Bonchev–Trinajstić information content (AvgIpc) is 2.65. The highest BCUT2D eigenvalue weighted by atomic mass is 31.2. The fourth-order valence-corrected chi connectivity index (χ4v) is 3.09. The molecule has 0 spiro atoms. The van der Waals surface area contributed by atoms with E-state index in [0.717, 1.165) is 13.0 Å². The lowest BCUT2D eigenvalue weighted by Gasteiger charge is -2.15. The van der Waals surface area contributed by atoms with Gasteiger partial charge in [-0.1, -0.05) is 90.4 Å². The van der Waals surface area contributed by atoms with E-state index in [0.29, 0.717) is 13.2 Å². The van der Waals surface area contributed by atoms with E-state index in [9.17, 15) is 0 Å². The van der Waals surface area contributed by atoms with Gasteiger partial charge in [0.15, 0.2) is 12.6 Å². The summed E-state index contributed by atoms with van der Waals surface area (Å²) in [6.07, 6.45) is 18.1. The minimum Gasteiger partial charge on any atom is -0.379 e. The molecule has 2 atom stereocenters. The van der Waals surface area contributed by atoms with Gasteiger partial charge in [-0.25, -0.2) is 4.57 Å². The van der Waals surface area contributed by atoms with Gasteiger partial charge < -0.3 is 34.0 Å². The number of hydrogen-bond donors (Lipinski definition) is 4. The molecule has 0 aromatic heterocycles. The summed E-state index contributed by atoms with van der Waals surface area (Å²) < 4.78 is 24.9. The van der Waals surface area contributed by atoms with E-state index in [2.05, 4.69) is 6.92 Å². The number of aliphatic hydroxyl groups is 1. The van der Waals surface area contributed by atoms with Crippen LogP contribution in [0.25, 0.3) is 0 Å². The number of aliphatic hydroxyl groups excluding tert-OH is 1. The molecule has 190 valence electrons. The number of phosphoric acid groups is 1. The highest BCUT2D eigenvalue weighted by molar-refractivity contribution is 7.45. The van der Waals surface area contributed by atoms with Crippen LogP contribution in [0, 0.1) is 0 Å². The number of rotatable bonds is 21. The lowest BCUT2D eigenvalue weighted by molar-refractivity contribution is -0.216. The van der Waals surface area contributed by atoms with Crippen molar-refractivity contribution in [2.24, 2.45) is 0 Å². The van der Waals surface area contributed by atoms with Gasteiger partial charge >= 0.3 is 7.82 Å². The SMILES string of the molecule is CCCCCCCCCCCCCCCCOCCOC(C)OC(C)O.O=P(O)(O)O. The quantitative estimate of drug-likeness (QED) is 0.101. The molecule has 0 aromatic carbocycles. The van der Waals surface area contributed by atoms with E-state index < -0.39 is 14.1 Å². The Morgan fingerprint density at radius 2 is 1.06 bits per heavy atom. The summed E-state index contributed by atoms with van der Waals surface area (Å²) >= 11 is 0. The Labute approximate surface area is 189 Å². The zero-order valence-electron chi connectivity index (χ0n) is 20.0. The van der Waals surface area contributed by atoms with Gasteiger partial charge in [-0.15, -0.1) is 0 Å². The molecule has 0 saturated carbocycles. The largest absolute Gasteiger partial charge is 0.466 e. The van der Waals surface area contributed by atoms with Crippen LogP contribution in [0.3, 0.4) is 0 Å². The van der Waals surface area contributed by atoms with Gasteiger partial charge in [0.25, 0.3) is 0 Å². The van der Waals surface area contributed by atoms with E-state index in [4.69, 9.17) is 38.6 Å². The van der Waals surface area contributed by atoms with Crippen molar-refractivity contribution in [2.45, 2.75) is 123 Å². The smallest absolute Gasteiger partial charge is 0.379 e. The Morgan fingerprint density at radius 1 is 0.677 bits per heavy atom. The lowest BCUT2D eigenvalue weighted by Crippen LogP contribution is -2.21. The molecular weight excluding hydrogens is 423 g/mol. The van der Waals surface area contributed by atoms with Crippen molar-refractivity contribution in [2.75, 3.05) is 19.8 Å². The second-order valence-corrected chi connectivity index (χ2v) is 8.92. The van der Waals surface area contributed by atoms with Crippen molar-refractivity contribution in [1.29, 1.82) is 0 Å². The van der Waals surface area contributed by atoms with Gasteiger partial charge in [-0.3, -0.25) is 0 Å². The Morgan fingerprint density at radius 3 is 1.45 bits per heavy atom. The average molecular weight is 473 g/mol. The minimum atomic E-state index is -4.64. The van der Waals surface area contributed by atoms with Crippen molar-refractivity contribution < 1.29 is 38.6 Å². The Bertz CT molecular complexity index is 381. The van der Waals surface area contributed by atoms with Crippen LogP contribution in [-0.2, 0) is 18.8 Å². The third-order valence-electron chi connectivity index (χ3n) is 4.61. The van der Waals surface area contributed by atoms with E-state index >= 15 is 0 Å². The van der Waals surface area contributed by atoms with Gasteiger partial charge in [0.1, 0.15) is 0 Å². The summed E-state index contributed by atoms with van der Waals surface area (Å²) in [5.41, 5.74) is 0. The summed E-state index contributed by atoms with van der Waals surface area (Å²) in [7, 11) is -4.64. The fraction of sp³-hybridized carbons (Fsp3) is 1.00. The topological polar surface area (TPSA) is 126 Å². The van der Waals surface area contributed by atoms with E-state index in [1.165, 1.54) is 83.5 Å². The predicted octanol–water partition coefficient (Wildman–Crippen LogP) is 5.27. The molecule has 0 saturated heterocycles. The summed E-state index contributed by atoms with van der Waals surface area (Å²) in [5, 5.41) is 9.04. The molecule has 0 bridgehead atoms. The molecule has 0 radical (unpaired) electrons. The van der Waals surface area contributed by atoms with Gasteiger partial charge in [0.2, 0.25) is 0 Å². The predicted molar refractivity (Wildman–Crippen MR) is 124 cm³/mol. The zero-order valence-corrected chi connectivity index (χ0v) is 20.9. The molecule has 0 rings (SSSR count). The highest BCUT2D eigenvalue weighted by Crippen LogP contribution is 2.25. The van der Waals surface area contributed by atoms with Crippen LogP contribution in [-0.4, -0.2) is 52.2 Å². The van der Waals surface area contributed by atoms with Crippen LogP contribution >= 0.6 is 7.82 Å². The van der Waals surface area contributed by atoms with Crippen LogP contribution in [0.2, 0.25) is 0 Å². The molecular formula is C22H49O8P. The maximum absolute atomic E-state index is 9.04. The van der Waals surface area contributed by atoms with E-state index in [1.807, 2.05) is 0 Å². The molecule has 0 aliphatic rings. The summed E-state index contributed by atoms with van der Waals surface area (Å²) in [4.78, 5) is 21.6. The van der Waals surface area contributed by atoms with Crippen LogP contribution in [0.15, 0.2) is 0 Å². The second kappa shape index (κ2) is 24.6. The first kappa shape index (κ1) is 33.1. The number of ether oxygens (including phenoxy) is 3. The third kappa shape index (κ3) is 40.8. The van der Waals surface area contributed by atoms with Crippen LogP contribution in [0.5, 0.6) is 0 Å². The van der Waals surface area contributed by atoms with E-state index in [-0.39, 0.29) is 6.29 Å². The Hall–Kier alpha value is -0.0500. The first-order valence-electron chi connectivity index (χ1n) is 12.0. The Kier molecular flexibility index (Phi) is 26.3. The zero-order chi connectivity index (χ0) is 23.8. The first-order valence-corrected chi connectivity index (χ1v) is 13.5. The molecule has 0 heterocycles. The normalized spacial score (nSPS) is 13.5. The maximum Gasteiger partial charge on any atom is 0.466 e. The summed E-state index contributed by atoms with van der Waals surface area (Å²) in [5.74, 6) is 0. The maximum atomic E-state index is 9.04. The van der Waals surface area contributed by atoms with Gasteiger partial charge in [-0.05, 0) is 20.3 Å². The van der Waals surface area contributed by atoms with Gasteiger partial charge in [0.05, 0.1) is 13.2 Å². The van der Waals surface area contributed by atoms with Gasteiger partial charge in [0, 0.05) is 6.61 Å². The number of unbranched alkanes of at least 4 members (excludes halogenated alkanes) is 13. The molecule has 8 nitrogen and oxygen atoms in total. The molecule has 31 heavy (non-hydrogen) atoms. The summed E-state index contributed by atoms with van der Waals surface area (Å²) in [6, 6.07) is 0. The second-order valence-electron chi connectivity index (χ2n) is 7.90. The van der Waals surface area contributed by atoms with Crippen LogP contribution in [0.4, 0.5) is 0 Å². The molecule has 0 aromatic rings. The highest BCUT2D eigenvalue weighted by Gasteiger charge is 2.05. The fourth-order valence-electron chi connectivity index (χ4n) is 3.09. The molecule has 0 aliphatic carbocycles. The third-order valence-corrected chi connectivity index (χ3v) is 4.61. The first-order chi connectivity index (χ1) is 14.7. The molecule has 4 N–H and O–H groups in total. The molecule has 9 heteroatoms. The minimum absolute atomic E-state index is 0.389. The van der Waals surface area contributed by atoms with Gasteiger partial charge in [-0.2, -0.15) is 0 Å². The van der Waals surface area contributed by atoms with Crippen LogP contribution < -0.4 is 0 Å². The van der Waals surface area contributed by atoms with Crippen molar-refractivity contribution in [3.63, 3.8) is 0 Å². The van der Waals surface area contributed by atoms with E-state index in [1.54, 1.807) is 13.8 Å².